The number of rotatable bonds is 9. The summed E-state index contributed by atoms with van der Waals surface area (Å²) in [6, 6.07) is 21.4. The van der Waals surface area contributed by atoms with Gasteiger partial charge in [-0.3, -0.25) is 0 Å². The van der Waals surface area contributed by atoms with Gasteiger partial charge in [-0.15, -0.1) is 0 Å². The van der Waals surface area contributed by atoms with Crippen LogP contribution in [0.4, 0.5) is 4.79 Å². The zero-order chi connectivity index (χ0) is 25.7. The van der Waals surface area contributed by atoms with Crippen molar-refractivity contribution in [2.24, 2.45) is 5.92 Å². The molecule has 2 N–H and O–H groups in total. The van der Waals surface area contributed by atoms with E-state index in [2.05, 4.69) is 17.4 Å². The highest BCUT2D eigenvalue weighted by Crippen LogP contribution is 2.44. The van der Waals surface area contributed by atoms with Gasteiger partial charge in [0.05, 0.1) is 5.56 Å². The first-order valence-electron chi connectivity index (χ1n) is 12.0. The van der Waals surface area contributed by atoms with Crippen LogP contribution < -0.4 is 5.32 Å². The summed E-state index contributed by atoms with van der Waals surface area (Å²) in [5, 5.41) is 11.7. The maximum absolute atomic E-state index is 12.8. The Hall–Kier alpha value is -4.13. The summed E-state index contributed by atoms with van der Waals surface area (Å²) in [6.45, 7) is 3.91. The molecule has 36 heavy (non-hydrogen) atoms. The Kier molecular flexibility index (Phi) is 7.68. The van der Waals surface area contributed by atoms with Crippen LogP contribution in [0.1, 0.15) is 53.2 Å². The van der Waals surface area contributed by atoms with E-state index in [1.54, 1.807) is 12.1 Å². The summed E-state index contributed by atoms with van der Waals surface area (Å²) in [6.07, 6.45) is -0.0265. The first-order valence-corrected chi connectivity index (χ1v) is 12.0. The monoisotopic (exact) mass is 487 g/mol. The molecule has 0 radical (unpaired) electrons. The molecule has 7 nitrogen and oxygen atoms in total. The Bertz CT molecular complexity index is 1210. The topological polar surface area (TPSA) is 102 Å². The molecule has 0 aliphatic heterocycles. The van der Waals surface area contributed by atoms with Crippen molar-refractivity contribution in [3.8, 4) is 11.1 Å². The molecule has 1 aliphatic rings. The highest BCUT2D eigenvalue weighted by molar-refractivity contribution is 5.87. The molecule has 7 heteroatoms. The molecule has 4 rings (SSSR count). The van der Waals surface area contributed by atoms with Gasteiger partial charge >= 0.3 is 18.0 Å². The highest BCUT2D eigenvalue weighted by atomic mass is 16.6. The molecular weight excluding hydrogens is 458 g/mol. The second-order valence-electron chi connectivity index (χ2n) is 8.94. The molecule has 0 aromatic heterocycles. The van der Waals surface area contributed by atoms with E-state index in [0.29, 0.717) is 12.0 Å². The van der Waals surface area contributed by atoms with Crippen LogP contribution in [-0.2, 0) is 20.9 Å². The van der Waals surface area contributed by atoms with Crippen molar-refractivity contribution < 1.29 is 29.0 Å². The number of carbonyl (C=O) groups is 3. The first kappa shape index (κ1) is 25.0. The van der Waals surface area contributed by atoms with Gasteiger partial charge in [0.2, 0.25) is 0 Å². The molecule has 1 amide bonds. The summed E-state index contributed by atoms with van der Waals surface area (Å²) in [7, 11) is 0. The molecule has 0 heterocycles. The number of nitrogens with one attached hydrogen (secondary N) is 1. The van der Waals surface area contributed by atoms with Gasteiger partial charge in [0.15, 0.2) is 0 Å². The van der Waals surface area contributed by atoms with Crippen molar-refractivity contribution in [3.05, 3.63) is 95.1 Å². The number of hydrogen-bond acceptors (Lipinski definition) is 5. The molecule has 2 atom stereocenters. The van der Waals surface area contributed by atoms with E-state index in [9.17, 15) is 14.4 Å². The fraction of sp³-hybridized carbons (Fsp3) is 0.276. The molecule has 0 fully saturated rings. The number of ether oxygens (including phenoxy) is 2. The van der Waals surface area contributed by atoms with E-state index in [4.69, 9.17) is 14.6 Å². The van der Waals surface area contributed by atoms with E-state index in [1.807, 2.05) is 50.2 Å². The van der Waals surface area contributed by atoms with Gasteiger partial charge in [-0.05, 0) is 45.9 Å². The maximum Gasteiger partial charge on any atom is 0.407 e. The average molecular weight is 488 g/mol. The zero-order valence-corrected chi connectivity index (χ0v) is 20.3. The van der Waals surface area contributed by atoms with Crippen LogP contribution in [0.2, 0.25) is 0 Å². The fourth-order valence-electron chi connectivity index (χ4n) is 4.42. The van der Waals surface area contributed by atoms with E-state index >= 15 is 0 Å². The lowest BCUT2D eigenvalue weighted by molar-refractivity contribution is -0.148. The molecule has 186 valence electrons. The lowest BCUT2D eigenvalue weighted by Gasteiger charge is -2.23. The molecule has 1 aliphatic carbocycles. The van der Waals surface area contributed by atoms with Crippen molar-refractivity contribution in [1.29, 1.82) is 0 Å². The standard InChI is InChI=1S/C29H29NO6/c1-3-18(2)26(28(33)35-16-19-12-14-20(15-13-19)27(31)32)30-29(34)36-17-25-23-10-6-4-8-21(23)22-9-5-7-11-24(22)25/h4-15,18,25-26H,3,16-17H2,1-2H3,(H,30,34)(H,31,32)/t18-,26-/m0/s1. The third-order valence-electron chi connectivity index (χ3n) is 6.67. The minimum atomic E-state index is -1.03. The number of carboxylic acids is 1. The summed E-state index contributed by atoms with van der Waals surface area (Å²) < 4.78 is 11.0. The Morgan fingerprint density at radius 1 is 0.889 bits per heavy atom. The molecule has 0 saturated carbocycles. The smallest absolute Gasteiger partial charge is 0.407 e. The predicted octanol–water partition coefficient (Wildman–Crippen LogP) is 5.38. The van der Waals surface area contributed by atoms with Crippen LogP contribution in [0.5, 0.6) is 0 Å². The van der Waals surface area contributed by atoms with Crippen LogP contribution in [0.25, 0.3) is 11.1 Å². The number of alkyl carbamates (subject to hydrolysis) is 1. The molecular formula is C29H29NO6. The molecule has 3 aromatic rings. The fourth-order valence-corrected chi connectivity index (χ4v) is 4.42. The lowest BCUT2D eigenvalue weighted by Crippen LogP contribution is -2.46. The van der Waals surface area contributed by atoms with Gasteiger partial charge in [0.1, 0.15) is 19.3 Å². The third kappa shape index (κ3) is 5.40. The van der Waals surface area contributed by atoms with Crippen molar-refractivity contribution in [3.63, 3.8) is 0 Å². The van der Waals surface area contributed by atoms with Crippen molar-refractivity contribution in [1.82, 2.24) is 5.32 Å². The summed E-state index contributed by atoms with van der Waals surface area (Å²) in [5.74, 6) is -1.85. The molecule has 0 bridgehead atoms. The van der Waals surface area contributed by atoms with Crippen LogP contribution in [-0.4, -0.2) is 35.8 Å². The molecule has 0 spiro atoms. The van der Waals surface area contributed by atoms with Gasteiger partial charge in [-0.2, -0.15) is 0 Å². The minimum absolute atomic E-state index is 0.0297. The predicted molar refractivity (Wildman–Crippen MR) is 135 cm³/mol. The average Bonchev–Trinajstić information content (AvgIpc) is 3.22. The van der Waals surface area contributed by atoms with Crippen LogP contribution in [0, 0.1) is 5.92 Å². The zero-order valence-electron chi connectivity index (χ0n) is 20.3. The second-order valence-corrected chi connectivity index (χ2v) is 8.94. The van der Waals surface area contributed by atoms with Crippen LogP contribution >= 0.6 is 0 Å². The second kappa shape index (κ2) is 11.1. The number of benzene rings is 3. The quantitative estimate of drug-likeness (QED) is 0.393. The Labute approximate surface area is 210 Å². The number of aromatic carboxylic acids is 1. The number of amides is 1. The first-order chi connectivity index (χ1) is 17.4. The number of fused-ring (bicyclic) bond motifs is 3. The maximum atomic E-state index is 12.8. The van der Waals surface area contributed by atoms with E-state index < -0.39 is 24.1 Å². The highest BCUT2D eigenvalue weighted by Gasteiger charge is 2.31. The number of carbonyl (C=O) groups excluding carboxylic acids is 2. The molecule has 3 aromatic carbocycles. The lowest BCUT2D eigenvalue weighted by atomic mass is 9.98. The van der Waals surface area contributed by atoms with E-state index in [-0.39, 0.29) is 30.6 Å². The van der Waals surface area contributed by atoms with Gasteiger partial charge in [-0.1, -0.05) is 80.9 Å². The van der Waals surface area contributed by atoms with Crippen molar-refractivity contribution in [2.75, 3.05) is 6.61 Å². The minimum Gasteiger partial charge on any atom is -0.478 e. The molecule has 0 unspecified atom stereocenters. The van der Waals surface area contributed by atoms with E-state index in [1.165, 1.54) is 12.1 Å². The van der Waals surface area contributed by atoms with E-state index in [0.717, 1.165) is 22.3 Å². The Balaban J connectivity index is 1.37. The van der Waals surface area contributed by atoms with Gasteiger partial charge in [0, 0.05) is 5.92 Å². The van der Waals surface area contributed by atoms with Crippen LogP contribution in [0.3, 0.4) is 0 Å². The number of esters is 1. The Morgan fingerprint density at radius 3 is 2.03 bits per heavy atom. The normalized spacial score (nSPS) is 13.7. The number of carboxylic acid groups (broad SMARTS) is 1. The van der Waals surface area contributed by atoms with Gasteiger partial charge < -0.3 is 19.9 Å². The summed E-state index contributed by atoms with van der Waals surface area (Å²) >= 11 is 0. The van der Waals surface area contributed by atoms with Crippen molar-refractivity contribution in [2.45, 2.75) is 38.8 Å². The Morgan fingerprint density at radius 2 is 1.47 bits per heavy atom. The van der Waals surface area contributed by atoms with Gasteiger partial charge in [0.25, 0.3) is 0 Å². The van der Waals surface area contributed by atoms with Gasteiger partial charge in [-0.25, -0.2) is 14.4 Å². The summed E-state index contributed by atoms with van der Waals surface area (Å²) in [4.78, 5) is 36.6. The van der Waals surface area contributed by atoms with Crippen molar-refractivity contribution >= 4 is 18.0 Å². The SMILES string of the molecule is CC[C@H](C)[C@H](NC(=O)OCC1c2ccccc2-c2ccccc21)C(=O)OCc1ccc(C(=O)O)cc1. The largest absolute Gasteiger partial charge is 0.478 e. The number of hydrogen-bond donors (Lipinski definition) is 2. The summed E-state index contributed by atoms with van der Waals surface area (Å²) in [5.41, 5.74) is 5.30. The third-order valence-corrected chi connectivity index (χ3v) is 6.67. The molecule has 0 saturated heterocycles. The van der Waals surface area contributed by atoms with Crippen LogP contribution in [0.15, 0.2) is 72.8 Å².